The number of nitrogens with one attached hydrogen (secondary N) is 2. The van der Waals surface area contributed by atoms with Gasteiger partial charge in [0.1, 0.15) is 17.6 Å². The van der Waals surface area contributed by atoms with Crippen molar-refractivity contribution in [3.8, 4) is 5.75 Å². The fourth-order valence-corrected chi connectivity index (χ4v) is 4.26. The first-order valence-corrected chi connectivity index (χ1v) is 11.6. The lowest BCUT2D eigenvalue weighted by molar-refractivity contribution is -0.141. The third-order valence-electron chi connectivity index (χ3n) is 6.06. The van der Waals surface area contributed by atoms with E-state index in [-0.39, 0.29) is 30.8 Å². The molecule has 0 bridgehead atoms. The fourth-order valence-electron chi connectivity index (χ4n) is 4.26. The Kier molecular flexibility index (Phi) is 7.87. The zero-order chi connectivity index (χ0) is 24.6. The molecule has 1 atom stereocenters. The van der Waals surface area contributed by atoms with Crippen LogP contribution in [-0.4, -0.2) is 42.3 Å². The average molecular weight is 480 g/mol. The lowest BCUT2D eigenvalue weighted by atomic mass is 10.0. The van der Waals surface area contributed by atoms with Crippen molar-refractivity contribution in [2.24, 2.45) is 0 Å². The van der Waals surface area contributed by atoms with Gasteiger partial charge in [-0.2, -0.15) is 0 Å². The van der Waals surface area contributed by atoms with Gasteiger partial charge in [0.15, 0.2) is 5.76 Å². The summed E-state index contributed by atoms with van der Waals surface area (Å²) in [5.74, 6) is 0.0167. The van der Waals surface area contributed by atoms with Crippen molar-refractivity contribution in [2.75, 3.05) is 13.7 Å². The Hall–Kier alpha value is -4.01. The van der Waals surface area contributed by atoms with Gasteiger partial charge in [-0.3, -0.25) is 14.4 Å². The minimum absolute atomic E-state index is 0.0528. The van der Waals surface area contributed by atoms with Crippen molar-refractivity contribution in [3.63, 3.8) is 0 Å². The normalized spacial score (nSPS) is 14.3. The highest BCUT2D eigenvalue weighted by atomic mass is 16.5. The number of methoxy groups -OCH3 is 1. The molecule has 184 valence electrons. The molecular weight excluding hydrogens is 450 g/mol. The van der Waals surface area contributed by atoms with Crippen LogP contribution in [0.25, 0.3) is 0 Å². The lowest BCUT2D eigenvalue weighted by Gasteiger charge is -2.32. The van der Waals surface area contributed by atoms with Crippen molar-refractivity contribution in [2.45, 2.75) is 44.3 Å². The Morgan fingerprint density at radius 3 is 2.37 bits per heavy atom. The number of rotatable bonds is 10. The molecule has 2 N–H and O–H groups in total. The van der Waals surface area contributed by atoms with Crippen LogP contribution >= 0.6 is 0 Å². The molecule has 4 rings (SSSR count). The second-order valence-corrected chi connectivity index (χ2v) is 8.43. The molecule has 3 aromatic rings. The molecule has 1 saturated carbocycles. The van der Waals surface area contributed by atoms with Crippen molar-refractivity contribution in [1.82, 2.24) is 15.5 Å². The van der Waals surface area contributed by atoms with E-state index in [4.69, 9.17) is 13.6 Å². The first-order valence-electron chi connectivity index (χ1n) is 11.6. The molecule has 1 fully saturated rings. The van der Waals surface area contributed by atoms with Crippen LogP contribution in [0.5, 0.6) is 5.75 Å². The summed E-state index contributed by atoms with van der Waals surface area (Å²) in [6.07, 6.45) is 6.83. The van der Waals surface area contributed by atoms with Crippen LogP contribution in [0.2, 0.25) is 0 Å². The van der Waals surface area contributed by atoms with E-state index in [1.165, 1.54) is 23.5 Å². The fraction of sp³-hybridized carbons (Fsp3) is 0.346. The van der Waals surface area contributed by atoms with E-state index in [0.29, 0.717) is 17.1 Å². The number of carbonyl (C=O) groups is 3. The van der Waals surface area contributed by atoms with Gasteiger partial charge in [0.05, 0.1) is 32.7 Å². The van der Waals surface area contributed by atoms with Crippen LogP contribution in [0, 0.1) is 0 Å². The Morgan fingerprint density at radius 1 is 1.03 bits per heavy atom. The summed E-state index contributed by atoms with van der Waals surface area (Å²) < 4.78 is 15.8. The molecule has 1 aliphatic carbocycles. The molecule has 2 aromatic heterocycles. The molecule has 1 aliphatic rings. The van der Waals surface area contributed by atoms with E-state index in [1.807, 2.05) is 0 Å². The quantitative estimate of drug-likeness (QED) is 0.461. The van der Waals surface area contributed by atoms with Crippen LogP contribution in [-0.2, 0) is 16.1 Å². The van der Waals surface area contributed by atoms with Gasteiger partial charge in [-0.1, -0.05) is 25.0 Å². The van der Waals surface area contributed by atoms with E-state index in [0.717, 1.165) is 25.7 Å². The van der Waals surface area contributed by atoms with Crippen molar-refractivity contribution < 1.29 is 28.0 Å². The number of furan rings is 2. The first kappa shape index (κ1) is 24.1. The van der Waals surface area contributed by atoms with Gasteiger partial charge < -0.3 is 29.1 Å². The molecule has 0 spiro atoms. The summed E-state index contributed by atoms with van der Waals surface area (Å²) in [4.78, 5) is 40.8. The highest BCUT2D eigenvalue weighted by molar-refractivity contribution is 5.95. The molecule has 2 heterocycles. The van der Waals surface area contributed by atoms with Crippen molar-refractivity contribution in [1.29, 1.82) is 0 Å². The van der Waals surface area contributed by atoms with Gasteiger partial charge in [-0.05, 0) is 54.8 Å². The average Bonchev–Trinajstić information content (AvgIpc) is 3.66. The molecule has 1 aromatic carbocycles. The Morgan fingerprint density at radius 2 is 1.74 bits per heavy atom. The summed E-state index contributed by atoms with van der Waals surface area (Å²) in [7, 11) is 1.56. The molecule has 0 radical (unpaired) electrons. The maximum absolute atomic E-state index is 13.6. The van der Waals surface area contributed by atoms with E-state index in [1.54, 1.807) is 49.6 Å². The number of amides is 3. The highest BCUT2D eigenvalue weighted by Crippen LogP contribution is 2.27. The molecule has 35 heavy (non-hydrogen) atoms. The van der Waals surface area contributed by atoms with E-state index >= 15 is 0 Å². The Labute approximate surface area is 203 Å². The minimum Gasteiger partial charge on any atom is -0.497 e. The van der Waals surface area contributed by atoms with Crippen LogP contribution in [0.15, 0.2) is 69.9 Å². The molecule has 0 saturated heterocycles. The second kappa shape index (κ2) is 11.4. The lowest BCUT2D eigenvalue weighted by Crippen LogP contribution is -2.48. The van der Waals surface area contributed by atoms with Crippen LogP contribution < -0.4 is 15.4 Å². The van der Waals surface area contributed by atoms with Crippen LogP contribution in [0.1, 0.15) is 53.6 Å². The van der Waals surface area contributed by atoms with Crippen LogP contribution in [0.4, 0.5) is 0 Å². The number of hydrogen-bond acceptors (Lipinski definition) is 6. The molecule has 9 nitrogen and oxygen atoms in total. The third kappa shape index (κ3) is 6.11. The standard InChI is InChI=1S/C26H29N3O6/c1-33-20-12-10-18(11-13-20)24(26(32)28-19-6-2-3-7-19)29(17-21-8-4-14-34-21)23(30)16-27-25(31)22-9-5-15-35-22/h4-5,8-15,19,24H,2-3,6-7,16-17H2,1H3,(H,27,31)(H,28,32). The van der Waals surface area contributed by atoms with Crippen LogP contribution in [0.3, 0.4) is 0 Å². The van der Waals surface area contributed by atoms with Crippen molar-refractivity contribution >= 4 is 17.7 Å². The van der Waals surface area contributed by atoms with Gasteiger partial charge in [0.25, 0.3) is 5.91 Å². The third-order valence-corrected chi connectivity index (χ3v) is 6.06. The number of nitrogens with zero attached hydrogens (tertiary/aromatic N) is 1. The monoisotopic (exact) mass is 479 g/mol. The summed E-state index contributed by atoms with van der Waals surface area (Å²) in [5.41, 5.74) is 0.624. The molecular formula is C26H29N3O6. The number of hydrogen-bond donors (Lipinski definition) is 2. The summed E-state index contributed by atoms with van der Waals surface area (Å²) in [6, 6.07) is 12.7. The van der Waals surface area contributed by atoms with Gasteiger partial charge in [-0.15, -0.1) is 0 Å². The predicted octanol–water partition coefficient (Wildman–Crippen LogP) is 3.44. The maximum Gasteiger partial charge on any atom is 0.287 e. The summed E-state index contributed by atoms with van der Waals surface area (Å²) in [6.45, 7) is -0.263. The number of ether oxygens (including phenoxy) is 1. The second-order valence-electron chi connectivity index (χ2n) is 8.43. The van der Waals surface area contributed by atoms with Crippen molar-refractivity contribution in [3.05, 3.63) is 78.1 Å². The minimum atomic E-state index is -0.931. The summed E-state index contributed by atoms with van der Waals surface area (Å²) >= 11 is 0. The van der Waals surface area contributed by atoms with E-state index in [9.17, 15) is 14.4 Å². The molecule has 3 amide bonds. The number of benzene rings is 1. The molecule has 9 heteroatoms. The SMILES string of the molecule is COc1ccc(C(C(=O)NC2CCCC2)N(Cc2ccco2)C(=O)CNC(=O)c2ccco2)cc1. The first-order chi connectivity index (χ1) is 17.0. The Bertz CT molecular complexity index is 1100. The number of carbonyl (C=O) groups excluding carboxylic acids is 3. The zero-order valence-electron chi connectivity index (χ0n) is 19.6. The maximum atomic E-state index is 13.6. The predicted molar refractivity (Wildman–Crippen MR) is 126 cm³/mol. The molecule has 0 aliphatic heterocycles. The Balaban J connectivity index is 1.61. The van der Waals surface area contributed by atoms with Gasteiger partial charge in [-0.25, -0.2) is 0 Å². The molecule has 1 unspecified atom stereocenters. The van der Waals surface area contributed by atoms with Gasteiger partial charge in [0, 0.05) is 6.04 Å². The van der Waals surface area contributed by atoms with E-state index < -0.39 is 17.9 Å². The van der Waals surface area contributed by atoms with Gasteiger partial charge in [0.2, 0.25) is 11.8 Å². The topological polar surface area (TPSA) is 114 Å². The zero-order valence-corrected chi connectivity index (χ0v) is 19.6. The smallest absolute Gasteiger partial charge is 0.287 e. The summed E-state index contributed by atoms with van der Waals surface area (Å²) in [5, 5.41) is 5.69. The largest absolute Gasteiger partial charge is 0.497 e. The van der Waals surface area contributed by atoms with Gasteiger partial charge >= 0.3 is 0 Å². The highest BCUT2D eigenvalue weighted by Gasteiger charge is 2.34. The van der Waals surface area contributed by atoms with E-state index in [2.05, 4.69) is 10.6 Å².